The standard InChI is InChI=1S/C21H29N3O/c1-17(24-13-11-23(2)12-14-24)16-22-21(25)10-8-18-7-9-19-5-3-4-6-20(19)15-18/h3-7,9,15,17H,8,10-14,16H2,1-2H3,(H,22,25)/t17-/m1/s1. The number of likely N-dealkylation sites (N-methyl/N-ethyl adjacent to an activating group) is 1. The van der Waals surface area contributed by atoms with Crippen LogP contribution >= 0.6 is 0 Å². The molecule has 1 atom stereocenters. The van der Waals surface area contributed by atoms with Crippen molar-refractivity contribution in [3.05, 3.63) is 48.0 Å². The maximum Gasteiger partial charge on any atom is 0.220 e. The zero-order chi connectivity index (χ0) is 17.6. The zero-order valence-electron chi connectivity index (χ0n) is 15.4. The van der Waals surface area contributed by atoms with Gasteiger partial charge < -0.3 is 10.2 Å². The Hall–Kier alpha value is -1.91. The molecule has 1 fully saturated rings. The van der Waals surface area contributed by atoms with Crippen LogP contribution in [0.1, 0.15) is 18.9 Å². The van der Waals surface area contributed by atoms with E-state index in [4.69, 9.17) is 0 Å². The Kier molecular flexibility index (Phi) is 6.05. The first-order valence-corrected chi connectivity index (χ1v) is 9.29. The number of hydrogen-bond acceptors (Lipinski definition) is 3. The molecule has 0 radical (unpaired) electrons. The first-order valence-electron chi connectivity index (χ1n) is 9.29. The molecule has 0 spiro atoms. The molecule has 1 aliphatic heterocycles. The molecule has 25 heavy (non-hydrogen) atoms. The number of nitrogens with zero attached hydrogens (tertiary/aromatic N) is 2. The van der Waals surface area contributed by atoms with Crippen LogP contribution in [0.3, 0.4) is 0 Å². The maximum atomic E-state index is 12.2. The lowest BCUT2D eigenvalue weighted by molar-refractivity contribution is -0.121. The molecule has 134 valence electrons. The lowest BCUT2D eigenvalue weighted by atomic mass is 10.0. The van der Waals surface area contributed by atoms with Gasteiger partial charge >= 0.3 is 0 Å². The third-order valence-corrected chi connectivity index (χ3v) is 5.21. The Morgan fingerprint density at radius 3 is 2.56 bits per heavy atom. The summed E-state index contributed by atoms with van der Waals surface area (Å²) in [4.78, 5) is 17.0. The Bertz CT molecular complexity index is 707. The number of benzene rings is 2. The van der Waals surface area contributed by atoms with Crippen LogP contribution in [0.5, 0.6) is 0 Å². The number of piperazine rings is 1. The van der Waals surface area contributed by atoms with Gasteiger partial charge in [-0.2, -0.15) is 0 Å². The molecule has 4 heteroatoms. The number of hydrogen-bond donors (Lipinski definition) is 1. The van der Waals surface area contributed by atoms with Gasteiger partial charge in [-0.05, 0) is 36.7 Å². The van der Waals surface area contributed by atoms with Crippen molar-refractivity contribution in [2.75, 3.05) is 39.8 Å². The zero-order valence-corrected chi connectivity index (χ0v) is 15.4. The van der Waals surface area contributed by atoms with Crippen LogP contribution in [0.4, 0.5) is 0 Å². The number of fused-ring (bicyclic) bond motifs is 1. The van der Waals surface area contributed by atoms with E-state index in [1.807, 2.05) is 0 Å². The maximum absolute atomic E-state index is 12.2. The van der Waals surface area contributed by atoms with Gasteiger partial charge in [-0.25, -0.2) is 0 Å². The van der Waals surface area contributed by atoms with Crippen LogP contribution in [0.15, 0.2) is 42.5 Å². The average Bonchev–Trinajstić information content (AvgIpc) is 2.65. The largest absolute Gasteiger partial charge is 0.355 e. The van der Waals surface area contributed by atoms with E-state index in [0.29, 0.717) is 12.5 Å². The molecule has 0 aromatic heterocycles. The van der Waals surface area contributed by atoms with E-state index in [1.54, 1.807) is 0 Å². The van der Waals surface area contributed by atoms with Gasteiger partial charge in [0.25, 0.3) is 0 Å². The highest BCUT2D eigenvalue weighted by Crippen LogP contribution is 2.16. The molecular weight excluding hydrogens is 310 g/mol. The van der Waals surface area contributed by atoms with Crippen LogP contribution in [-0.4, -0.2) is 61.5 Å². The van der Waals surface area contributed by atoms with E-state index < -0.39 is 0 Å². The lowest BCUT2D eigenvalue weighted by Crippen LogP contribution is -2.51. The third kappa shape index (κ3) is 5.03. The summed E-state index contributed by atoms with van der Waals surface area (Å²) >= 11 is 0. The van der Waals surface area contributed by atoms with Gasteiger partial charge in [-0.3, -0.25) is 9.69 Å². The number of aryl methyl sites for hydroxylation is 1. The van der Waals surface area contributed by atoms with Crippen molar-refractivity contribution < 1.29 is 4.79 Å². The van der Waals surface area contributed by atoms with Crippen molar-refractivity contribution in [2.45, 2.75) is 25.8 Å². The summed E-state index contributed by atoms with van der Waals surface area (Å²) < 4.78 is 0. The van der Waals surface area contributed by atoms with Gasteiger partial charge in [-0.1, -0.05) is 42.5 Å². The number of carbonyl (C=O) groups excluding carboxylic acids is 1. The van der Waals surface area contributed by atoms with Crippen LogP contribution in [0.25, 0.3) is 10.8 Å². The van der Waals surface area contributed by atoms with Gasteiger partial charge in [0.1, 0.15) is 0 Å². The molecule has 2 aromatic rings. The molecule has 0 aliphatic carbocycles. The van der Waals surface area contributed by atoms with E-state index in [2.05, 4.69) is 71.6 Å². The molecule has 1 N–H and O–H groups in total. The van der Waals surface area contributed by atoms with E-state index in [9.17, 15) is 4.79 Å². The van der Waals surface area contributed by atoms with E-state index in [1.165, 1.54) is 16.3 Å². The van der Waals surface area contributed by atoms with Crippen molar-refractivity contribution >= 4 is 16.7 Å². The van der Waals surface area contributed by atoms with Crippen LogP contribution < -0.4 is 5.32 Å². The summed E-state index contributed by atoms with van der Waals surface area (Å²) in [6.07, 6.45) is 1.34. The molecule has 1 heterocycles. The number of rotatable bonds is 6. The Morgan fingerprint density at radius 1 is 1.08 bits per heavy atom. The molecule has 0 unspecified atom stereocenters. The second kappa shape index (κ2) is 8.45. The molecule has 1 amide bonds. The predicted octanol–water partition coefficient (Wildman–Crippen LogP) is 2.52. The summed E-state index contributed by atoms with van der Waals surface area (Å²) in [6.45, 7) is 7.34. The number of nitrogens with one attached hydrogen (secondary N) is 1. The fourth-order valence-electron chi connectivity index (χ4n) is 3.39. The highest BCUT2D eigenvalue weighted by atomic mass is 16.1. The SMILES string of the molecule is C[C@H](CNC(=O)CCc1ccc2ccccc2c1)N1CCN(C)CC1. The Balaban J connectivity index is 1.42. The van der Waals surface area contributed by atoms with Crippen molar-refractivity contribution in [3.63, 3.8) is 0 Å². The quantitative estimate of drug-likeness (QED) is 0.878. The van der Waals surface area contributed by atoms with Gasteiger partial charge in [0.05, 0.1) is 0 Å². The fraction of sp³-hybridized carbons (Fsp3) is 0.476. The normalized spacial score (nSPS) is 17.5. The predicted molar refractivity (Wildman–Crippen MR) is 104 cm³/mol. The van der Waals surface area contributed by atoms with Gasteiger partial charge in [-0.15, -0.1) is 0 Å². The van der Waals surface area contributed by atoms with Crippen LogP contribution in [0.2, 0.25) is 0 Å². The highest BCUT2D eigenvalue weighted by Gasteiger charge is 2.19. The van der Waals surface area contributed by atoms with Crippen LogP contribution in [-0.2, 0) is 11.2 Å². The number of carbonyl (C=O) groups is 1. The molecule has 4 nitrogen and oxygen atoms in total. The first-order chi connectivity index (χ1) is 12.1. The minimum atomic E-state index is 0.147. The number of amides is 1. The molecule has 1 aliphatic rings. The summed E-state index contributed by atoms with van der Waals surface area (Å²) in [6, 6.07) is 15.2. The van der Waals surface area contributed by atoms with Gasteiger partial charge in [0.15, 0.2) is 0 Å². The second-order valence-electron chi connectivity index (χ2n) is 7.17. The third-order valence-electron chi connectivity index (χ3n) is 5.21. The summed E-state index contributed by atoms with van der Waals surface area (Å²) in [5.41, 5.74) is 1.22. The summed E-state index contributed by atoms with van der Waals surface area (Å²) in [5.74, 6) is 0.147. The van der Waals surface area contributed by atoms with Gasteiger partial charge in [0, 0.05) is 45.2 Å². The molecule has 3 rings (SSSR count). The summed E-state index contributed by atoms with van der Waals surface area (Å²) in [7, 11) is 2.16. The Labute approximate surface area is 150 Å². The van der Waals surface area contributed by atoms with E-state index in [-0.39, 0.29) is 5.91 Å². The minimum absolute atomic E-state index is 0.147. The molecule has 2 aromatic carbocycles. The lowest BCUT2D eigenvalue weighted by Gasteiger charge is -2.36. The smallest absolute Gasteiger partial charge is 0.220 e. The van der Waals surface area contributed by atoms with Crippen molar-refractivity contribution in [3.8, 4) is 0 Å². The van der Waals surface area contributed by atoms with Crippen LogP contribution in [0, 0.1) is 0 Å². The van der Waals surface area contributed by atoms with Gasteiger partial charge in [0.2, 0.25) is 5.91 Å². The molecule has 0 saturated carbocycles. The Morgan fingerprint density at radius 2 is 1.80 bits per heavy atom. The van der Waals surface area contributed by atoms with Crippen molar-refractivity contribution in [1.29, 1.82) is 0 Å². The second-order valence-corrected chi connectivity index (χ2v) is 7.17. The fourth-order valence-corrected chi connectivity index (χ4v) is 3.39. The van der Waals surface area contributed by atoms with E-state index >= 15 is 0 Å². The first kappa shape index (κ1) is 17.9. The van der Waals surface area contributed by atoms with Crippen molar-refractivity contribution in [1.82, 2.24) is 15.1 Å². The molecule has 1 saturated heterocycles. The minimum Gasteiger partial charge on any atom is -0.355 e. The highest BCUT2D eigenvalue weighted by molar-refractivity contribution is 5.83. The summed E-state index contributed by atoms with van der Waals surface area (Å²) in [5, 5.41) is 5.59. The monoisotopic (exact) mass is 339 g/mol. The topological polar surface area (TPSA) is 35.6 Å². The van der Waals surface area contributed by atoms with Crippen molar-refractivity contribution in [2.24, 2.45) is 0 Å². The molecular formula is C21H29N3O. The molecule has 0 bridgehead atoms. The average molecular weight is 339 g/mol. The van der Waals surface area contributed by atoms with E-state index in [0.717, 1.165) is 39.1 Å².